The third kappa shape index (κ3) is 4.71. The number of nitrogens with zero attached hydrogens (tertiary/aromatic N) is 3. The van der Waals surface area contributed by atoms with Crippen LogP contribution in [0.1, 0.15) is 10.4 Å². The smallest absolute Gasteiger partial charge is 0.248 e. The summed E-state index contributed by atoms with van der Waals surface area (Å²) in [6, 6.07) is 11.8. The number of methoxy groups -OCH3 is 2. The van der Waals surface area contributed by atoms with Crippen LogP contribution in [0.15, 0.2) is 47.6 Å². The Morgan fingerprint density at radius 3 is 2.40 bits per heavy atom. The fourth-order valence-electron chi connectivity index (χ4n) is 2.71. The number of ether oxygens (including phenoxy) is 2. The standard InChI is InChI=1S/C20H21N5O4S/c1-25-19(13-6-9-15(28-2)16(10-13)29-3)23-24-20(25)30-11-17(26)22-14-7-4-12(5-8-14)18(21)27/h4-10H,11H2,1-3H3,(H2,21,27)(H,22,26). The first-order valence-corrected chi connectivity index (χ1v) is 9.85. The number of amides is 2. The fraction of sp³-hybridized carbons (Fsp3) is 0.200. The first-order valence-electron chi connectivity index (χ1n) is 8.87. The maximum atomic E-state index is 12.2. The maximum Gasteiger partial charge on any atom is 0.248 e. The van der Waals surface area contributed by atoms with Gasteiger partial charge in [0.2, 0.25) is 11.8 Å². The number of nitrogens with two attached hydrogens (primary N) is 1. The Labute approximate surface area is 177 Å². The van der Waals surface area contributed by atoms with E-state index in [-0.39, 0.29) is 11.7 Å². The Morgan fingerprint density at radius 1 is 1.07 bits per heavy atom. The summed E-state index contributed by atoms with van der Waals surface area (Å²) in [6.45, 7) is 0. The van der Waals surface area contributed by atoms with E-state index in [1.807, 2.05) is 19.2 Å². The molecule has 0 aliphatic heterocycles. The number of rotatable bonds is 8. The van der Waals surface area contributed by atoms with Crippen LogP contribution in [0, 0.1) is 0 Å². The average Bonchev–Trinajstić information content (AvgIpc) is 3.12. The van der Waals surface area contributed by atoms with Crippen molar-refractivity contribution in [3.05, 3.63) is 48.0 Å². The molecule has 0 saturated heterocycles. The van der Waals surface area contributed by atoms with Crippen molar-refractivity contribution in [1.82, 2.24) is 14.8 Å². The third-order valence-electron chi connectivity index (χ3n) is 4.26. The molecule has 2 amide bonds. The average molecular weight is 427 g/mol. The van der Waals surface area contributed by atoms with Crippen LogP contribution < -0.4 is 20.5 Å². The zero-order chi connectivity index (χ0) is 21.7. The van der Waals surface area contributed by atoms with Gasteiger partial charge in [-0.15, -0.1) is 10.2 Å². The molecule has 3 rings (SSSR count). The second-order valence-electron chi connectivity index (χ2n) is 6.21. The van der Waals surface area contributed by atoms with Crippen molar-refractivity contribution in [2.24, 2.45) is 12.8 Å². The molecule has 0 spiro atoms. The minimum Gasteiger partial charge on any atom is -0.493 e. The molecule has 9 nitrogen and oxygen atoms in total. The van der Waals surface area contributed by atoms with E-state index >= 15 is 0 Å². The van der Waals surface area contributed by atoms with Gasteiger partial charge in [0.05, 0.1) is 20.0 Å². The maximum absolute atomic E-state index is 12.2. The Kier molecular flexibility index (Phi) is 6.58. The molecule has 10 heteroatoms. The first kappa shape index (κ1) is 21.2. The zero-order valence-corrected chi connectivity index (χ0v) is 17.5. The monoisotopic (exact) mass is 427 g/mol. The SMILES string of the molecule is COc1ccc(-c2nnc(SCC(=O)Nc3ccc(C(N)=O)cc3)n2C)cc1OC. The topological polar surface area (TPSA) is 121 Å². The van der Waals surface area contributed by atoms with Crippen molar-refractivity contribution in [3.63, 3.8) is 0 Å². The molecule has 3 aromatic rings. The molecular formula is C20H21N5O4S. The summed E-state index contributed by atoms with van der Waals surface area (Å²) in [5.74, 6) is 1.28. The number of carbonyl (C=O) groups is 2. The lowest BCUT2D eigenvalue weighted by molar-refractivity contribution is -0.113. The predicted molar refractivity (Wildman–Crippen MR) is 114 cm³/mol. The highest BCUT2D eigenvalue weighted by molar-refractivity contribution is 7.99. The normalized spacial score (nSPS) is 10.5. The van der Waals surface area contributed by atoms with Gasteiger partial charge in [-0.3, -0.25) is 9.59 Å². The molecule has 3 N–H and O–H groups in total. The van der Waals surface area contributed by atoms with Gasteiger partial charge in [-0.1, -0.05) is 11.8 Å². The summed E-state index contributed by atoms with van der Waals surface area (Å²) in [6.07, 6.45) is 0. The molecular weight excluding hydrogens is 406 g/mol. The number of carbonyl (C=O) groups excluding carboxylic acids is 2. The summed E-state index contributed by atoms with van der Waals surface area (Å²) >= 11 is 1.26. The molecule has 0 saturated carbocycles. The first-order chi connectivity index (χ1) is 14.4. The van der Waals surface area contributed by atoms with Crippen molar-refractivity contribution in [3.8, 4) is 22.9 Å². The number of nitrogens with one attached hydrogen (secondary N) is 1. The molecule has 0 aliphatic carbocycles. The van der Waals surface area contributed by atoms with Gasteiger partial charge in [0, 0.05) is 23.9 Å². The molecule has 2 aromatic carbocycles. The van der Waals surface area contributed by atoms with E-state index in [1.54, 1.807) is 49.1 Å². The number of thioether (sulfide) groups is 1. The van der Waals surface area contributed by atoms with Crippen LogP contribution >= 0.6 is 11.8 Å². The summed E-state index contributed by atoms with van der Waals surface area (Å²) < 4.78 is 12.4. The van der Waals surface area contributed by atoms with Gasteiger partial charge >= 0.3 is 0 Å². The molecule has 0 aliphatic rings. The highest BCUT2D eigenvalue weighted by Crippen LogP contribution is 2.32. The third-order valence-corrected chi connectivity index (χ3v) is 5.28. The number of hydrogen-bond acceptors (Lipinski definition) is 7. The van der Waals surface area contributed by atoms with E-state index in [9.17, 15) is 9.59 Å². The van der Waals surface area contributed by atoms with Crippen molar-refractivity contribution >= 4 is 29.3 Å². The Morgan fingerprint density at radius 2 is 1.77 bits per heavy atom. The number of anilines is 1. The van der Waals surface area contributed by atoms with Gasteiger partial charge in [0.15, 0.2) is 22.5 Å². The minimum atomic E-state index is -0.518. The molecule has 0 radical (unpaired) electrons. The van der Waals surface area contributed by atoms with E-state index in [2.05, 4.69) is 15.5 Å². The molecule has 1 aromatic heterocycles. The van der Waals surface area contributed by atoms with Gasteiger partial charge in [0.25, 0.3) is 0 Å². The van der Waals surface area contributed by atoms with E-state index < -0.39 is 5.91 Å². The molecule has 0 atom stereocenters. The van der Waals surface area contributed by atoms with Crippen LogP contribution in [0.5, 0.6) is 11.5 Å². The van der Waals surface area contributed by atoms with Crippen molar-refractivity contribution in [2.45, 2.75) is 5.16 Å². The van der Waals surface area contributed by atoms with Crippen LogP contribution in [-0.4, -0.2) is 46.6 Å². The lowest BCUT2D eigenvalue weighted by Gasteiger charge is -2.09. The van der Waals surface area contributed by atoms with Crippen LogP contribution in [0.3, 0.4) is 0 Å². The number of primary amides is 1. The lowest BCUT2D eigenvalue weighted by atomic mass is 10.2. The molecule has 156 valence electrons. The van der Waals surface area contributed by atoms with Gasteiger partial charge in [-0.25, -0.2) is 0 Å². The van der Waals surface area contributed by atoms with E-state index in [0.29, 0.717) is 33.7 Å². The van der Waals surface area contributed by atoms with Crippen molar-refractivity contribution < 1.29 is 19.1 Å². The van der Waals surface area contributed by atoms with Crippen molar-refractivity contribution in [2.75, 3.05) is 25.3 Å². The summed E-state index contributed by atoms with van der Waals surface area (Å²) in [5, 5.41) is 11.8. The quantitative estimate of drug-likeness (QED) is 0.529. The Balaban J connectivity index is 1.65. The van der Waals surface area contributed by atoms with Gasteiger partial charge in [-0.2, -0.15) is 0 Å². The van der Waals surface area contributed by atoms with Gasteiger partial charge in [-0.05, 0) is 42.5 Å². The summed E-state index contributed by atoms with van der Waals surface area (Å²) in [7, 11) is 4.97. The Bertz CT molecular complexity index is 1070. The van der Waals surface area contributed by atoms with E-state index in [1.165, 1.54) is 11.8 Å². The number of hydrogen-bond donors (Lipinski definition) is 2. The van der Waals surface area contributed by atoms with E-state index in [4.69, 9.17) is 15.2 Å². The largest absolute Gasteiger partial charge is 0.493 e. The van der Waals surface area contributed by atoms with Crippen LogP contribution in [-0.2, 0) is 11.8 Å². The number of benzene rings is 2. The highest BCUT2D eigenvalue weighted by atomic mass is 32.2. The summed E-state index contributed by atoms with van der Waals surface area (Å²) in [5.41, 5.74) is 6.98. The predicted octanol–water partition coefficient (Wildman–Crippen LogP) is 2.33. The Hall–Kier alpha value is -3.53. The summed E-state index contributed by atoms with van der Waals surface area (Å²) in [4.78, 5) is 23.3. The van der Waals surface area contributed by atoms with Crippen LogP contribution in [0.25, 0.3) is 11.4 Å². The highest BCUT2D eigenvalue weighted by Gasteiger charge is 2.15. The fourth-order valence-corrected chi connectivity index (χ4v) is 3.42. The molecule has 30 heavy (non-hydrogen) atoms. The van der Waals surface area contributed by atoms with Crippen molar-refractivity contribution in [1.29, 1.82) is 0 Å². The second-order valence-corrected chi connectivity index (χ2v) is 7.16. The van der Waals surface area contributed by atoms with E-state index in [0.717, 1.165) is 5.56 Å². The van der Waals surface area contributed by atoms with Crippen LogP contribution in [0.2, 0.25) is 0 Å². The molecule has 1 heterocycles. The zero-order valence-electron chi connectivity index (χ0n) is 16.7. The second kappa shape index (κ2) is 9.31. The number of aromatic nitrogens is 3. The van der Waals surface area contributed by atoms with Crippen LogP contribution in [0.4, 0.5) is 5.69 Å². The minimum absolute atomic E-state index is 0.148. The van der Waals surface area contributed by atoms with Gasteiger partial charge < -0.3 is 25.1 Å². The molecule has 0 unspecified atom stereocenters. The molecule has 0 fully saturated rings. The van der Waals surface area contributed by atoms with Gasteiger partial charge in [0.1, 0.15) is 0 Å². The lowest BCUT2D eigenvalue weighted by Crippen LogP contribution is -2.15. The molecule has 0 bridgehead atoms.